The summed E-state index contributed by atoms with van der Waals surface area (Å²) in [5.74, 6) is 1.12. The van der Waals surface area contributed by atoms with E-state index in [9.17, 15) is 4.79 Å². The predicted molar refractivity (Wildman–Crippen MR) is 128 cm³/mol. The number of nitrogens with one attached hydrogen (secondary N) is 1. The van der Waals surface area contributed by atoms with Crippen molar-refractivity contribution in [2.24, 2.45) is 5.10 Å². The van der Waals surface area contributed by atoms with Crippen molar-refractivity contribution in [1.29, 1.82) is 0 Å². The molecule has 1 N–H and O–H groups in total. The third kappa shape index (κ3) is 5.07. The van der Waals surface area contributed by atoms with E-state index < -0.39 is 0 Å². The van der Waals surface area contributed by atoms with E-state index in [1.54, 1.807) is 37.6 Å². The Labute approximate surface area is 191 Å². The monoisotopic (exact) mass is 444 g/mol. The zero-order valence-corrected chi connectivity index (χ0v) is 18.2. The molecular formula is C26H21ClN2O3. The summed E-state index contributed by atoms with van der Waals surface area (Å²) in [7, 11) is 1.61. The zero-order chi connectivity index (χ0) is 22.3. The summed E-state index contributed by atoms with van der Waals surface area (Å²) in [6.45, 7) is 0.391. The van der Waals surface area contributed by atoms with E-state index in [1.165, 1.54) is 0 Å². The number of carbonyl (C=O) groups is 1. The van der Waals surface area contributed by atoms with E-state index in [0.29, 0.717) is 22.9 Å². The molecule has 4 aromatic rings. The molecular weight excluding hydrogens is 424 g/mol. The van der Waals surface area contributed by atoms with Gasteiger partial charge in [-0.25, -0.2) is 5.43 Å². The van der Waals surface area contributed by atoms with Gasteiger partial charge in [0.05, 0.1) is 13.3 Å². The molecule has 160 valence electrons. The molecule has 5 nitrogen and oxygen atoms in total. The molecule has 4 rings (SSSR count). The van der Waals surface area contributed by atoms with Crippen LogP contribution in [0.2, 0.25) is 5.02 Å². The molecule has 0 aromatic heterocycles. The summed E-state index contributed by atoms with van der Waals surface area (Å²) < 4.78 is 11.2. The van der Waals surface area contributed by atoms with Gasteiger partial charge in [0, 0.05) is 16.1 Å². The van der Waals surface area contributed by atoms with Crippen molar-refractivity contribution in [3.05, 3.63) is 107 Å². The number of methoxy groups -OCH3 is 1. The first-order valence-corrected chi connectivity index (χ1v) is 10.4. The summed E-state index contributed by atoms with van der Waals surface area (Å²) in [5.41, 5.74) is 4.83. The van der Waals surface area contributed by atoms with Gasteiger partial charge in [-0.05, 0) is 58.8 Å². The first-order chi connectivity index (χ1) is 15.6. The molecule has 1 amide bonds. The summed E-state index contributed by atoms with van der Waals surface area (Å²) in [6.07, 6.45) is 1.60. The van der Waals surface area contributed by atoms with Crippen molar-refractivity contribution in [2.45, 2.75) is 6.61 Å². The maximum Gasteiger partial charge on any atom is 0.271 e. The van der Waals surface area contributed by atoms with Gasteiger partial charge >= 0.3 is 0 Å². The number of hydrazone groups is 1. The minimum absolute atomic E-state index is 0.300. The fourth-order valence-electron chi connectivity index (χ4n) is 3.26. The summed E-state index contributed by atoms with van der Waals surface area (Å²) >= 11 is 5.88. The molecule has 0 aliphatic heterocycles. The summed E-state index contributed by atoms with van der Waals surface area (Å²) in [6, 6.07) is 26.2. The van der Waals surface area contributed by atoms with Gasteiger partial charge in [0.25, 0.3) is 5.91 Å². The molecule has 0 fully saturated rings. The van der Waals surface area contributed by atoms with E-state index in [2.05, 4.69) is 10.5 Å². The molecule has 0 saturated heterocycles. The number of rotatable bonds is 7. The molecule has 0 atom stereocenters. The molecule has 0 aliphatic carbocycles. The Morgan fingerprint density at radius 2 is 1.72 bits per heavy atom. The maximum atomic E-state index is 12.5. The Morgan fingerprint density at radius 3 is 2.47 bits per heavy atom. The first-order valence-electron chi connectivity index (χ1n) is 10.0. The number of nitrogens with zero attached hydrogens (tertiary/aromatic N) is 1. The Hall–Kier alpha value is -3.83. The van der Waals surface area contributed by atoms with Crippen molar-refractivity contribution < 1.29 is 14.3 Å². The van der Waals surface area contributed by atoms with Gasteiger partial charge in [0.1, 0.15) is 18.1 Å². The third-order valence-electron chi connectivity index (χ3n) is 4.95. The maximum absolute atomic E-state index is 12.5. The van der Waals surface area contributed by atoms with E-state index >= 15 is 0 Å². The van der Waals surface area contributed by atoms with Crippen LogP contribution in [0.15, 0.2) is 90.0 Å². The lowest BCUT2D eigenvalue weighted by Gasteiger charge is -2.08. The van der Waals surface area contributed by atoms with Crippen molar-refractivity contribution in [1.82, 2.24) is 5.43 Å². The van der Waals surface area contributed by atoms with Crippen LogP contribution in [-0.4, -0.2) is 19.2 Å². The smallest absolute Gasteiger partial charge is 0.271 e. The Kier molecular flexibility index (Phi) is 6.68. The second-order valence-corrected chi connectivity index (χ2v) is 7.48. The van der Waals surface area contributed by atoms with Crippen molar-refractivity contribution in [3.63, 3.8) is 0 Å². The third-order valence-corrected chi connectivity index (χ3v) is 5.20. The fourth-order valence-corrected chi connectivity index (χ4v) is 3.38. The van der Waals surface area contributed by atoms with Crippen molar-refractivity contribution >= 4 is 34.5 Å². The molecule has 0 spiro atoms. The van der Waals surface area contributed by atoms with E-state index in [1.807, 2.05) is 60.7 Å². The number of ether oxygens (including phenoxy) is 2. The molecule has 4 aromatic carbocycles. The topological polar surface area (TPSA) is 59.9 Å². The highest BCUT2D eigenvalue weighted by Gasteiger charge is 2.08. The van der Waals surface area contributed by atoms with Crippen molar-refractivity contribution in [3.8, 4) is 11.5 Å². The molecule has 6 heteroatoms. The van der Waals surface area contributed by atoms with Crippen LogP contribution in [0.3, 0.4) is 0 Å². The van der Waals surface area contributed by atoms with E-state index in [-0.39, 0.29) is 5.91 Å². The van der Waals surface area contributed by atoms with E-state index in [4.69, 9.17) is 21.1 Å². The molecule has 32 heavy (non-hydrogen) atoms. The number of benzene rings is 4. The van der Waals surface area contributed by atoms with Crippen LogP contribution < -0.4 is 14.9 Å². The van der Waals surface area contributed by atoms with Crippen LogP contribution in [0, 0.1) is 0 Å². The standard InChI is InChI=1S/C26H21ClN2O3/c1-31-25-15-10-19-4-2-3-5-23(19)24(25)16-28-29-26(30)20-8-6-18(7-9-20)17-32-22-13-11-21(27)12-14-22/h2-16H,17H2,1H3,(H,29,30)/b28-16+. The minimum Gasteiger partial charge on any atom is -0.496 e. The van der Waals surface area contributed by atoms with Crippen LogP contribution in [0.25, 0.3) is 10.8 Å². The lowest BCUT2D eigenvalue weighted by atomic mass is 10.0. The van der Waals surface area contributed by atoms with Crippen LogP contribution in [0.1, 0.15) is 21.5 Å². The lowest BCUT2D eigenvalue weighted by molar-refractivity contribution is 0.0955. The van der Waals surface area contributed by atoms with Crippen LogP contribution in [0.5, 0.6) is 11.5 Å². The van der Waals surface area contributed by atoms with E-state index in [0.717, 1.165) is 27.6 Å². The normalized spacial score (nSPS) is 10.9. The minimum atomic E-state index is -0.300. The number of hydrogen-bond acceptors (Lipinski definition) is 4. The molecule has 0 heterocycles. The van der Waals surface area contributed by atoms with Gasteiger partial charge in [-0.3, -0.25) is 4.79 Å². The highest BCUT2D eigenvalue weighted by Crippen LogP contribution is 2.26. The van der Waals surface area contributed by atoms with Gasteiger partial charge in [-0.1, -0.05) is 54.1 Å². The average Bonchev–Trinajstić information content (AvgIpc) is 2.84. The molecule has 0 radical (unpaired) electrons. The number of carbonyl (C=O) groups excluding carboxylic acids is 1. The fraction of sp³-hybridized carbons (Fsp3) is 0.0769. The number of halogens is 1. The summed E-state index contributed by atoms with van der Waals surface area (Å²) in [5, 5.41) is 6.87. The average molecular weight is 445 g/mol. The van der Waals surface area contributed by atoms with Crippen molar-refractivity contribution in [2.75, 3.05) is 7.11 Å². The molecule has 0 aliphatic rings. The van der Waals surface area contributed by atoms with Gasteiger partial charge in [0.15, 0.2) is 0 Å². The quantitative estimate of drug-likeness (QED) is 0.287. The second-order valence-electron chi connectivity index (χ2n) is 7.04. The van der Waals surface area contributed by atoms with Crippen LogP contribution in [-0.2, 0) is 6.61 Å². The van der Waals surface area contributed by atoms with Gasteiger partial charge in [0.2, 0.25) is 0 Å². The Morgan fingerprint density at radius 1 is 0.969 bits per heavy atom. The molecule has 0 saturated carbocycles. The number of fused-ring (bicyclic) bond motifs is 1. The highest BCUT2D eigenvalue weighted by atomic mass is 35.5. The van der Waals surface area contributed by atoms with Gasteiger partial charge in [-0.2, -0.15) is 5.10 Å². The predicted octanol–water partition coefficient (Wildman–Crippen LogP) is 5.84. The lowest BCUT2D eigenvalue weighted by Crippen LogP contribution is -2.17. The summed E-state index contributed by atoms with van der Waals surface area (Å²) in [4.78, 5) is 12.5. The molecule has 0 unspecified atom stereocenters. The van der Waals surface area contributed by atoms with Gasteiger partial charge < -0.3 is 9.47 Å². The largest absolute Gasteiger partial charge is 0.496 e. The SMILES string of the molecule is COc1ccc2ccccc2c1/C=N/NC(=O)c1ccc(COc2ccc(Cl)cc2)cc1. The Balaban J connectivity index is 1.40. The zero-order valence-electron chi connectivity index (χ0n) is 17.4. The number of hydrogen-bond donors (Lipinski definition) is 1. The van der Waals surface area contributed by atoms with Crippen LogP contribution in [0.4, 0.5) is 0 Å². The number of amides is 1. The first kappa shape index (κ1) is 21.4. The van der Waals surface area contributed by atoms with Crippen LogP contribution >= 0.6 is 11.6 Å². The van der Waals surface area contributed by atoms with Gasteiger partial charge in [-0.15, -0.1) is 0 Å². The second kappa shape index (κ2) is 9.98. The molecule has 0 bridgehead atoms. The highest BCUT2D eigenvalue weighted by molar-refractivity contribution is 6.30. The Bertz CT molecular complexity index is 1250.